The van der Waals surface area contributed by atoms with Gasteiger partial charge in [-0.2, -0.15) is 0 Å². The van der Waals surface area contributed by atoms with Crippen LogP contribution in [0.15, 0.2) is 23.5 Å². The molecule has 0 aromatic carbocycles. The molecule has 98 valence electrons. The third kappa shape index (κ3) is 2.91. The van der Waals surface area contributed by atoms with Crippen LogP contribution in [0.2, 0.25) is 0 Å². The third-order valence-corrected chi connectivity index (χ3v) is 3.30. The summed E-state index contributed by atoms with van der Waals surface area (Å²) in [5, 5.41) is 11.7. The highest BCUT2D eigenvalue weighted by Gasteiger charge is 2.22. The first-order chi connectivity index (χ1) is 8.70. The SMILES string of the molecule is CC1CCCC(Oc2cccnc2/C(N)=N/O)C1. The van der Waals surface area contributed by atoms with Crippen LogP contribution in [0.25, 0.3) is 0 Å². The van der Waals surface area contributed by atoms with Crippen molar-refractivity contribution in [2.45, 2.75) is 38.7 Å². The molecule has 1 saturated carbocycles. The van der Waals surface area contributed by atoms with Crippen LogP contribution in [-0.2, 0) is 0 Å². The van der Waals surface area contributed by atoms with E-state index in [1.807, 2.05) is 0 Å². The molecule has 5 heteroatoms. The van der Waals surface area contributed by atoms with E-state index in [1.54, 1.807) is 18.3 Å². The van der Waals surface area contributed by atoms with Gasteiger partial charge in [-0.1, -0.05) is 18.5 Å². The summed E-state index contributed by atoms with van der Waals surface area (Å²) in [4.78, 5) is 4.09. The van der Waals surface area contributed by atoms with E-state index in [2.05, 4.69) is 17.1 Å². The molecule has 0 aliphatic heterocycles. The predicted molar refractivity (Wildman–Crippen MR) is 68.8 cm³/mol. The summed E-state index contributed by atoms with van der Waals surface area (Å²) in [6.07, 6.45) is 6.34. The zero-order valence-electron chi connectivity index (χ0n) is 10.5. The molecule has 2 rings (SSSR count). The van der Waals surface area contributed by atoms with Gasteiger partial charge in [-0.3, -0.25) is 0 Å². The molecule has 18 heavy (non-hydrogen) atoms. The Balaban J connectivity index is 2.13. The average Bonchev–Trinajstić information content (AvgIpc) is 2.38. The van der Waals surface area contributed by atoms with Gasteiger partial charge in [0, 0.05) is 6.20 Å². The molecule has 1 aliphatic carbocycles. The normalized spacial score (nSPS) is 24.8. The second-order valence-corrected chi connectivity index (χ2v) is 4.85. The van der Waals surface area contributed by atoms with Crippen molar-refractivity contribution in [3.05, 3.63) is 24.0 Å². The van der Waals surface area contributed by atoms with Gasteiger partial charge >= 0.3 is 0 Å². The van der Waals surface area contributed by atoms with E-state index in [0.717, 1.165) is 12.8 Å². The Morgan fingerprint density at radius 3 is 3.11 bits per heavy atom. The van der Waals surface area contributed by atoms with Gasteiger partial charge in [-0.25, -0.2) is 4.98 Å². The van der Waals surface area contributed by atoms with Crippen LogP contribution in [0.3, 0.4) is 0 Å². The average molecular weight is 249 g/mol. The van der Waals surface area contributed by atoms with Crippen molar-refractivity contribution < 1.29 is 9.94 Å². The van der Waals surface area contributed by atoms with E-state index in [0.29, 0.717) is 17.4 Å². The lowest BCUT2D eigenvalue weighted by Gasteiger charge is -2.27. The highest BCUT2D eigenvalue weighted by molar-refractivity contribution is 5.97. The number of pyridine rings is 1. The molecule has 0 saturated heterocycles. The first-order valence-electron chi connectivity index (χ1n) is 6.30. The summed E-state index contributed by atoms with van der Waals surface area (Å²) in [5.74, 6) is 1.26. The highest BCUT2D eigenvalue weighted by atomic mass is 16.5. The molecule has 0 bridgehead atoms. The third-order valence-electron chi connectivity index (χ3n) is 3.30. The van der Waals surface area contributed by atoms with Gasteiger partial charge in [0.05, 0.1) is 6.10 Å². The Labute approximate surface area is 107 Å². The first-order valence-corrected chi connectivity index (χ1v) is 6.30. The van der Waals surface area contributed by atoms with E-state index < -0.39 is 0 Å². The van der Waals surface area contributed by atoms with Gasteiger partial charge in [0.25, 0.3) is 0 Å². The lowest BCUT2D eigenvalue weighted by Crippen LogP contribution is -2.26. The molecule has 0 amide bonds. The number of oxime groups is 1. The molecule has 2 unspecified atom stereocenters. The number of ether oxygens (including phenoxy) is 1. The smallest absolute Gasteiger partial charge is 0.192 e. The zero-order valence-corrected chi connectivity index (χ0v) is 10.5. The Morgan fingerprint density at radius 1 is 1.56 bits per heavy atom. The Hall–Kier alpha value is -1.78. The van der Waals surface area contributed by atoms with Crippen molar-refractivity contribution in [1.82, 2.24) is 4.98 Å². The quantitative estimate of drug-likeness (QED) is 0.372. The molecule has 1 aromatic rings. The maximum absolute atomic E-state index is 8.73. The van der Waals surface area contributed by atoms with Crippen LogP contribution in [0.4, 0.5) is 0 Å². The van der Waals surface area contributed by atoms with Gasteiger partial charge in [-0.05, 0) is 37.3 Å². The monoisotopic (exact) mass is 249 g/mol. The second-order valence-electron chi connectivity index (χ2n) is 4.85. The maximum Gasteiger partial charge on any atom is 0.192 e. The molecule has 1 aromatic heterocycles. The summed E-state index contributed by atoms with van der Waals surface area (Å²) in [6, 6.07) is 3.59. The lowest BCUT2D eigenvalue weighted by molar-refractivity contribution is 0.128. The fourth-order valence-corrected chi connectivity index (χ4v) is 2.39. The lowest BCUT2D eigenvalue weighted by atomic mass is 9.89. The topological polar surface area (TPSA) is 80.7 Å². The Kier molecular flexibility index (Phi) is 4.02. The van der Waals surface area contributed by atoms with Gasteiger partial charge in [0.1, 0.15) is 5.75 Å². The van der Waals surface area contributed by atoms with Crippen molar-refractivity contribution in [3.8, 4) is 5.75 Å². The van der Waals surface area contributed by atoms with Gasteiger partial charge in [-0.15, -0.1) is 0 Å². The van der Waals surface area contributed by atoms with Crippen LogP contribution in [-0.4, -0.2) is 22.1 Å². The number of hydrogen-bond donors (Lipinski definition) is 2. The maximum atomic E-state index is 8.73. The van der Waals surface area contributed by atoms with Crippen LogP contribution in [0.5, 0.6) is 5.75 Å². The van der Waals surface area contributed by atoms with E-state index >= 15 is 0 Å². The molecular formula is C13H19N3O2. The molecule has 5 nitrogen and oxygen atoms in total. The second kappa shape index (κ2) is 5.71. The van der Waals surface area contributed by atoms with Crippen molar-refractivity contribution in [3.63, 3.8) is 0 Å². The van der Waals surface area contributed by atoms with Crippen molar-refractivity contribution in [2.75, 3.05) is 0 Å². The standard InChI is InChI=1S/C13H19N3O2/c1-9-4-2-5-10(8-9)18-11-6-3-7-15-12(11)13(14)16-17/h3,6-7,9-10,17H,2,4-5,8H2,1H3,(H2,14,16). The molecular weight excluding hydrogens is 230 g/mol. The molecule has 1 heterocycles. The van der Waals surface area contributed by atoms with Crippen molar-refractivity contribution in [1.29, 1.82) is 0 Å². The van der Waals surface area contributed by atoms with E-state index in [-0.39, 0.29) is 11.9 Å². The molecule has 2 atom stereocenters. The minimum atomic E-state index is -0.0190. The molecule has 0 spiro atoms. The number of nitrogens with two attached hydrogens (primary N) is 1. The Bertz CT molecular complexity index is 434. The van der Waals surface area contributed by atoms with E-state index in [1.165, 1.54) is 12.8 Å². The zero-order chi connectivity index (χ0) is 13.0. The van der Waals surface area contributed by atoms with Crippen molar-refractivity contribution in [2.24, 2.45) is 16.8 Å². The number of amidine groups is 1. The van der Waals surface area contributed by atoms with Crippen LogP contribution in [0.1, 0.15) is 38.3 Å². The molecule has 1 fully saturated rings. The van der Waals surface area contributed by atoms with Gasteiger partial charge in [0.2, 0.25) is 0 Å². The fourth-order valence-electron chi connectivity index (χ4n) is 2.39. The van der Waals surface area contributed by atoms with Gasteiger partial charge < -0.3 is 15.7 Å². The van der Waals surface area contributed by atoms with Crippen LogP contribution >= 0.6 is 0 Å². The molecule has 0 radical (unpaired) electrons. The summed E-state index contributed by atoms with van der Waals surface area (Å²) in [7, 11) is 0. The predicted octanol–water partition coefficient (Wildman–Crippen LogP) is 2.13. The van der Waals surface area contributed by atoms with Crippen molar-refractivity contribution >= 4 is 5.84 Å². The van der Waals surface area contributed by atoms with E-state index in [9.17, 15) is 0 Å². The number of nitrogens with zero attached hydrogens (tertiary/aromatic N) is 2. The Morgan fingerprint density at radius 2 is 2.39 bits per heavy atom. The largest absolute Gasteiger partial charge is 0.488 e. The van der Waals surface area contributed by atoms with Crippen LogP contribution in [0, 0.1) is 5.92 Å². The minimum absolute atomic E-state index is 0.0190. The van der Waals surface area contributed by atoms with Crippen LogP contribution < -0.4 is 10.5 Å². The number of rotatable bonds is 3. The summed E-state index contributed by atoms with van der Waals surface area (Å²) in [6.45, 7) is 2.24. The summed E-state index contributed by atoms with van der Waals surface area (Å²) in [5.41, 5.74) is 5.99. The van der Waals surface area contributed by atoms with E-state index in [4.69, 9.17) is 15.7 Å². The highest BCUT2D eigenvalue weighted by Crippen LogP contribution is 2.28. The summed E-state index contributed by atoms with van der Waals surface area (Å²) >= 11 is 0. The van der Waals surface area contributed by atoms with Gasteiger partial charge in [0.15, 0.2) is 11.5 Å². The molecule has 3 N–H and O–H groups in total. The first kappa shape index (κ1) is 12.7. The minimum Gasteiger partial charge on any atom is -0.488 e. The summed E-state index contributed by atoms with van der Waals surface area (Å²) < 4.78 is 5.95. The number of hydrogen-bond acceptors (Lipinski definition) is 4. The fraction of sp³-hybridized carbons (Fsp3) is 0.538. The molecule has 1 aliphatic rings. The number of aromatic nitrogens is 1.